The van der Waals surface area contributed by atoms with Crippen molar-refractivity contribution in [2.75, 3.05) is 39.8 Å². The van der Waals surface area contributed by atoms with Crippen molar-refractivity contribution in [3.05, 3.63) is 101 Å². The fraction of sp³-hybridized carbons (Fsp3) is 0.419. The monoisotopic (exact) mass is 469 g/mol. The first-order chi connectivity index (χ1) is 17.3. The third kappa shape index (κ3) is 5.61. The van der Waals surface area contributed by atoms with Crippen molar-refractivity contribution in [3.63, 3.8) is 0 Å². The van der Waals surface area contributed by atoms with Crippen LogP contribution >= 0.6 is 0 Å². The number of nitrogens with zero attached hydrogens (tertiary/aromatic N) is 1. The number of fused-ring (bicyclic) bond motifs is 2. The highest BCUT2D eigenvalue weighted by atomic mass is 16.5. The van der Waals surface area contributed by atoms with E-state index >= 15 is 0 Å². The van der Waals surface area contributed by atoms with Crippen LogP contribution in [0.1, 0.15) is 47.6 Å². The molecular formula is C31H39N3O. The first kappa shape index (κ1) is 24.1. The lowest BCUT2D eigenvalue weighted by Gasteiger charge is -2.46. The maximum Gasteiger partial charge on any atom is 0.125 e. The van der Waals surface area contributed by atoms with Gasteiger partial charge in [-0.15, -0.1) is 0 Å². The lowest BCUT2D eigenvalue weighted by atomic mass is 9.76. The van der Waals surface area contributed by atoms with E-state index in [2.05, 4.69) is 94.4 Å². The molecule has 1 unspecified atom stereocenters. The van der Waals surface area contributed by atoms with E-state index in [0.29, 0.717) is 0 Å². The molecule has 2 heterocycles. The van der Waals surface area contributed by atoms with Gasteiger partial charge in [-0.2, -0.15) is 0 Å². The van der Waals surface area contributed by atoms with Crippen LogP contribution in [0.2, 0.25) is 0 Å². The maximum absolute atomic E-state index is 6.63. The first-order valence-corrected chi connectivity index (χ1v) is 13.3. The van der Waals surface area contributed by atoms with E-state index in [1.165, 1.54) is 35.1 Å². The third-order valence-corrected chi connectivity index (χ3v) is 7.87. The number of hydrogen-bond acceptors (Lipinski definition) is 4. The van der Waals surface area contributed by atoms with Crippen molar-refractivity contribution in [2.24, 2.45) is 0 Å². The summed E-state index contributed by atoms with van der Waals surface area (Å²) in [6, 6.07) is 28.3. The van der Waals surface area contributed by atoms with Gasteiger partial charge < -0.3 is 20.3 Å². The summed E-state index contributed by atoms with van der Waals surface area (Å²) in [5, 5.41) is 7.17. The highest BCUT2D eigenvalue weighted by Crippen LogP contribution is 2.37. The Morgan fingerprint density at radius 1 is 0.943 bits per heavy atom. The minimum Gasteiger partial charge on any atom is -0.485 e. The average molecular weight is 470 g/mol. The standard InChI is InChI=1S/C31H39N3O/c1-32-20-16-30(26-10-3-2-4-11-26)35-29-14-8-6-12-27(29)17-22-34-23-18-31(19-24-34)28-13-7-5-9-25(28)15-21-33-31/h2-14,30,32-33H,15-24H2,1H3. The van der Waals surface area contributed by atoms with Crippen LogP contribution in [0.4, 0.5) is 0 Å². The van der Waals surface area contributed by atoms with Crippen molar-refractivity contribution < 1.29 is 4.74 Å². The summed E-state index contributed by atoms with van der Waals surface area (Å²) in [4.78, 5) is 2.64. The van der Waals surface area contributed by atoms with Gasteiger partial charge in [-0.3, -0.25) is 0 Å². The highest BCUT2D eigenvalue weighted by Gasteiger charge is 2.38. The van der Waals surface area contributed by atoms with E-state index < -0.39 is 0 Å². The van der Waals surface area contributed by atoms with Gasteiger partial charge in [-0.05, 0) is 67.6 Å². The zero-order chi connectivity index (χ0) is 23.9. The molecule has 2 aliphatic rings. The van der Waals surface area contributed by atoms with E-state index in [9.17, 15) is 0 Å². The van der Waals surface area contributed by atoms with Crippen LogP contribution in [-0.2, 0) is 18.4 Å². The fourth-order valence-corrected chi connectivity index (χ4v) is 5.84. The molecule has 35 heavy (non-hydrogen) atoms. The van der Waals surface area contributed by atoms with Crippen LogP contribution in [0.3, 0.4) is 0 Å². The predicted molar refractivity (Wildman–Crippen MR) is 144 cm³/mol. The van der Waals surface area contributed by atoms with E-state index in [1.54, 1.807) is 0 Å². The lowest BCUT2D eigenvalue weighted by Crippen LogP contribution is -2.54. The van der Waals surface area contributed by atoms with Crippen LogP contribution in [0.15, 0.2) is 78.9 Å². The molecule has 0 saturated carbocycles. The first-order valence-electron chi connectivity index (χ1n) is 13.3. The Morgan fingerprint density at radius 2 is 1.69 bits per heavy atom. The summed E-state index contributed by atoms with van der Waals surface area (Å²) >= 11 is 0. The van der Waals surface area contributed by atoms with E-state index in [0.717, 1.165) is 57.7 Å². The molecule has 3 aromatic rings. The van der Waals surface area contributed by atoms with Gasteiger partial charge in [0.15, 0.2) is 0 Å². The number of ether oxygens (including phenoxy) is 1. The minimum absolute atomic E-state index is 0.0529. The number of hydrogen-bond donors (Lipinski definition) is 2. The molecule has 184 valence electrons. The Bertz CT molecular complexity index is 1080. The molecule has 1 spiro atoms. The summed E-state index contributed by atoms with van der Waals surface area (Å²) in [5.74, 6) is 1.02. The molecular weight excluding hydrogens is 430 g/mol. The van der Waals surface area contributed by atoms with Crippen molar-refractivity contribution in [2.45, 2.75) is 43.7 Å². The van der Waals surface area contributed by atoms with Gasteiger partial charge in [0.2, 0.25) is 0 Å². The Kier molecular flexibility index (Phi) is 7.82. The second kappa shape index (κ2) is 11.4. The van der Waals surface area contributed by atoms with Gasteiger partial charge in [0.25, 0.3) is 0 Å². The molecule has 0 aromatic heterocycles. The van der Waals surface area contributed by atoms with E-state index in [1.807, 2.05) is 7.05 Å². The van der Waals surface area contributed by atoms with Crippen LogP contribution in [-0.4, -0.2) is 44.7 Å². The van der Waals surface area contributed by atoms with Gasteiger partial charge in [-0.1, -0.05) is 72.8 Å². The van der Waals surface area contributed by atoms with Crippen LogP contribution in [0, 0.1) is 0 Å². The summed E-state index contributed by atoms with van der Waals surface area (Å²) < 4.78 is 6.63. The number of para-hydroxylation sites is 1. The molecule has 3 aromatic carbocycles. The van der Waals surface area contributed by atoms with Crippen LogP contribution in [0.25, 0.3) is 0 Å². The minimum atomic E-state index is 0.0529. The molecule has 2 aliphatic heterocycles. The number of rotatable bonds is 9. The van der Waals surface area contributed by atoms with Crippen molar-refractivity contribution in [1.82, 2.24) is 15.5 Å². The van der Waals surface area contributed by atoms with E-state index in [-0.39, 0.29) is 11.6 Å². The summed E-state index contributed by atoms with van der Waals surface area (Å²) in [6.45, 7) is 5.37. The van der Waals surface area contributed by atoms with Gasteiger partial charge in [0.05, 0.1) is 0 Å². The fourth-order valence-electron chi connectivity index (χ4n) is 5.84. The second-order valence-corrected chi connectivity index (χ2v) is 10.0. The van der Waals surface area contributed by atoms with Gasteiger partial charge in [-0.25, -0.2) is 0 Å². The molecule has 1 fully saturated rings. The molecule has 1 atom stereocenters. The topological polar surface area (TPSA) is 36.5 Å². The smallest absolute Gasteiger partial charge is 0.125 e. The molecule has 0 aliphatic carbocycles. The molecule has 0 amide bonds. The molecule has 4 nitrogen and oxygen atoms in total. The number of nitrogens with one attached hydrogen (secondary N) is 2. The molecule has 4 heteroatoms. The Hall–Kier alpha value is -2.66. The van der Waals surface area contributed by atoms with Crippen molar-refractivity contribution in [1.29, 1.82) is 0 Å². The number of likely N-dealkylation sites (tertiary alicyclic amines) is 1. The summed E-state index contributed by atoms with van der Waals surface area (Å²) in [6.07, 6.45) is 5.52. The van der Waals surface area contributed by atoms with Gasteiger partial charge in [0, 0.05) is 38.1 Å². The molecule has 5 rings (SSSR count). The second-order valence-electron chi connectivity index (χ2n) is 10.0. The lowest BCUT2D eigenvalue weighted by molar-refractivity contribution is 0.129. The third-order valence-electron chi connectivity index (χ3n) is 7.87. The van der Waals surface area contributed by atoms with Crippen LogP contribution < -0.4 is 15.4 Å². The number of benzene rings is 3. The zero-order valence-corrected chi connectivity index (χ0v) is 21.0. The molecule has 2 N–H and O–H groups in total. The quantitative estimate of drug-likeness (QED) is 0.457. The van der Waals surface area contributed by atoms with Crippen LogP contribution in [0.5, 0.6) is 5.75 Å². The normalized spacial score (nSPS) is 18.2. The Morgan fingerprint density at radius 3 is 2.51 bits per heavy atom. The Balaban J connectivity index is 1.22. The van der Waals surface area contributed by atoms with Gasteiger partial charge in [0.1, 0.15) is 11.9 Å². The maximum atomic E-state index is 6.63. The molecule has 0 bridgehead atoms. The Labute approximate surface area is 210 Å². The largest absolute Gasteiger partial charge is 0.485 e. The highest BCUT2D eigenvalue weighted by molar-refractivity contribution is 5.37. The SMILES string of the molecule is CNCCC(Oc1ccccc1CCN1CCC2(CC1)NCCc1ccccc12)c1ccccc1. The molecule has 1 saturated heterocycles. The predicted octanol–water partition coefficient (Wildman–Crippen LogP) is 5.10. The average Bonchev–Trinajstić information content (AvgIpc) is 2.92. The van der Waals surface area contributed by atoms with E-state index in [4.69, 9.17) is 4.74 Å². The molecule has 0 radical (unpaired) electrons. The van der Waals surface area contributed by atoms with Crippen molar-refractivity contribution >= 4 is 0 Å². The zero-order valence-electron chi connectivity index (χ0n) is 21.0. The summed E-state index contributed by atoms with van der Waals surface area (Å²) in [5.41, 5.74) is 5.79. The van der Waals surface area contributed by atoms with Crippen molar-refractivity contribution in [3.8, 4) is 5.75 Å². The number of piperidine rings is 1. The summed E-state index contributed by atoms with van der Waals surface area (Å²) in [7, 11) is 2.00. The van der Waals surface area contributed by atoms with Gasteiger partial charge >= 0.3 is 0 Å².